The summed E-state index contributed by atoms with van der Waals surface area (Å²) in [6.45, 7) is 0. The van der Waals surface area contributed by atoms with Gasteiger partial charge < -0.3 is 5.73 Å². The van der Waals surface area contributed by atoms with E-state index < -0.39 is 0 Å². The normalized spacial score (nSPS) is 18.0. The number of benzene rings is 1. The third-order valence-electron chi connectivity index (χ3n) is 2.93. The summed E-state index contributed by atoms with van der Waals surface area (Å²) in [6.07, 6.45) is 4.65. The lowest BCUT2D eigenvalue weighted by atomic mass is 10.1. The first-order chi connectivity index (χ1) is 7.66. The van der Waals surface area contributed by atoms with Crippen molar-refractivity contribution in [1.29, 1.82) is 0 Å². The summed E-state index contributed by atoms with van der Waals surface area (Å²) in [6, 6.07) is 4.80. The Hall–Kier alpha value is -0.900. The molecule has 2 N–H and O–H groups in total. The van der Waals surface area contributed by atoms with E-state index in [1.54, 1.807) is 12.1 Å². The predicted molar refractivity (Wildman–Crippen MR) is 67.3 cm³/mol. The van der Waals surface area contributed by atoms with E-state index in [1.165, 1.54) is 18.9 Å². The Labute approximate surface area is 103 Å². The number of nitrogens with two attached hydrogens (primary N) is 1. The Kier molecular flexibility index (Phi) is 3.59. The van der Waals surface area contributed by atoms with Crippen LogP contribution in [0, 0.1) is 11.7 Å². The second-order valence-electron chi connectivity index (χ2n) is 4.12. The van der Waals surface area contributed by atoms with Gasteiger partial charge in [0.25, 0.3) is 0 Å². The van der Waals surface area contributed by atoms with Crippen molar-refractivity contribution < 1.29 is 4.39 Å². The third-order valence-corrected chi connectivity index (χ3v) is 3.58. The van der Waals surface area contributed by atoms with Crippen molar-refractivity contribution >= 4 is 27.5 Å². The number of amidine groups is 1. The van der Waals surface area contributed by atoms with Gasteiger partial charge in [0.1, 0.15) is 11.7 Å². The maximum atomic E-state index is 13.2. The van der Waals surface area contributed by atoms with Crippen LogP contribution in [0.1, 0.15) is 25.7 Å². The lowest BCUT2D eigenvalue weighted by Gasteiger charge is -2.08. The van der Waals surface area contributed by atoms with Gasteiger partial charge in [-0.25, -0.2) is 9.38 Å². The summed E-state index contributed by atoms with van der Waals surface area (Å²) in [4.78, 5) is 4.28. The highest BCUT2D eigenvalue weighted by atomic mass is 79.9. The molecule has 0 atom stereocenters. The van der Waals surface area contributed by atoms with Gasteiger partial charge in [-0.2, -0.15) is 0 Å². The van der Waals surface area contributed by atoms with Crippen LogP contribution >= 0.6 is 15.9 Å². The second kappa shape index (κ2) is 4.95. The van der Waals surface area contributed by atoms with Crippen molar-refractivity contribution in [1.82, 2.24) is 0 Å². The van der Waals surface area contributed by atoms with E-state index in [1.807, 2.05) is 0 Å². The van der Waals surface area contributed by atoms with Crippen LogP contribution in [0.3, 0.4) is 0 Å². The Bertz CT molecular complexity index is 411. The van der Waals surface area contributed by atoms with Gasteiger partial charge in [-0.05, 0) is 40.9 Å². The van der Waals surface area contributed by atoms with E-state index in [4.69, 9.17) is 5.73 Å². The van der Waals surface area contributed by atoms with E-state index in [2.05, 4.69) is 20.9 Å². The molecule has 0 aromatic heterocycles. The smallest absolute Gasteiger partial charge is 0.139 e. The molecule has 16 heavy (non-hydrogen) atoms. The zero-order chi connectivity index (χ0) is 11.5. The molecule has 0 heterocycles. The molecule has 1 saturated carbocycles. The second-order valence-corrected chi connectivity index (χ2v) is 4.97. The molecule has 1 aromatic carbocycles. The number of halogens is 2. The molecule has 0 aliphatic heterocycles. The van der Waals surface area contributed by atoms with Crippen molar-refractivity contribution in [3.8, 4) is 0 Å². The fourth-order valence-corrected chi connectivity index (χ4v) is 2.26. The lowest BCUT2D eigenvalue weighted by Crippen LogP contribution is -2.20. The molecular weight excluding hydrogens is 271 g/mol. The number of aliphatic imine (C=N–C) groups is 1. The molecule has 0 radical (unpaired) electrons. The van der Waals surface area contributed by atoms with Gasteiger partial charge in [-0.15, -0.1) is 0 Å². The highest BCUT2D eigenvalue weighted by molar-refractivity contribution is 9.10. The van der Waals surface area contributed by atoms with Crippen molar-refractivity contribution in [2.45, 2.75) is 25.7 Å². The van der Waals surface area contributed by atoms with Crippen LogP contribution in [-0.2, 0) is 0 Å². The summed E-state index contributed by atoms with van der Waals surface area (Å²) < 4.78 is 13.7. The van der Waals surface area contributed by atoms with E-state index in [9.17, 15) is 4.39 Å². The van der Waals surface area contributed by atoms with Crippen LogP contribution in [0.15, 0.2) is 27.7 Å². The van der Waals surface area contributed by atoms with Crippen molar-refractivity contribution in [2.24, 2.45) is 16.6 Å². The zero-order valence-electron chi connectivity index (χ0n) is 8.92. The summed E-state index contributed by atoms with van der Waals surface area (Å²) in [7, 11) is 0. The minimum absolute atomic E-state index is 0.305. The Morgan fingerprint density at radius 1 is 1.38 bits per heavy atom. The molecule has 2 nitrogen and oxygen atoms in total. The Morgan fingerprint density at radius 3 is 2.69 bits per heavy atom. The monoisotopic (exact) mass is 284 g/mol. The minimum Gasteiger partial charge on any atom is -0.387 e. The summed E-state index contributed by atoms with van der Waals surface area (Å²) in [5.74, 6) is 0.714. The Balaban J connectivity index is 2.17. The van der Waals surface area contributed by atoms with Gasteiger partial charge in [-0.3, -0.25) is 0 Å². The van der Waals surface area contributed by atoms with Gasteiger partial charge in [-0.1, -0.05) is 12.8 Å². The number of nitrogens with zero attached hydrogens (tertiary/aromatic N) is 1. The molecule has 1 aromatic rings. The van der Waals surface area contributed by atoms with Crippen LogP contribution in [0.4, 0.5) is 10.1 Å². The van der Waals surface area contributed by atoms with Crippen LogP contribution in [-0.4, -0.2) is 5.84 Å². The first-order valence-electron chi connectivity index (χ1n) is 5.46. The molecule has 4 heteroatoms. The van der Waals surface area contributed by atoms with Crippen LogP contribution in [0.2, 0.25) is 0 Å². The van der Waals surface area contributed by atoms with E-state index >= 15 is 0 Å². The average molecular weight is 285 g/mol. The van der Waals surface area contributed by atoms with Crippen LogP contribution < -0.4 is 5.73 Å². The quantitative estimate of drug-likeness (QED) is 0.652. The van der Waals surface area contributed by atoms with Crippen molar-refractivity contribution in [3.63, 3.8) is 0 Å². The molecule has 1 fully saturated rings. The summed E-state index contributed by atoms with van der Waals surface area (Å²) in [5.41, 5.74) is 6.50. The van der Waals surface area contributed by atoms with Crippen LogP contribution in [0.5, 0.6) is 0 Å². The topological polar surface area (TPSA) is 38.4 Å². The standard InChI is InChI=1S/C12H14BrFN2/c13-10-6-5-9(7-11(10)14)16-12(15)8-3-1-2-4-8/h5-8H,1-4H2,(H2,15,16). The molecule has 2 rings (SSSR count). The molecule has 0 unspecified atom stereocenters. The lowest BCUT2D eigenvalue weighted by molar-refractivity contribution is 0.621. The molecule has 0 spiro atoms. The molecule has 1 aliphatic carbocycles. The molecule has 0 amide bonds. The van der Waals surface area contributed by atoms with Gasteiger partial charge in [0.2, 0.25) is 0 Å². The van der Waals surface area contributed by atoms with Gasteiger partial charge in [0.05, 0.1) is 10.2 Å². The fraction of sp³-hybridized carbons (Fsp3) is 0.417. The predicted octanol–water partition coefficient (Wildman–Crippen LogP) is 3.77. The molecule has 1 aliphatic rings. The Morgan fingerprint density at radius 2 is 2.06 bits per heavy atom. The SMILES string of the molecule is NC(=Nc1ccc(Br)c(F)c1)C1CCCC1. The highest BCUT2D eigenvalue weighted by Gasteiger charge is 2.18. The maximum absolute atomic E-state index is 13.2. The van der Waals surface area contributed by atoms with Gasteiger partial charge >= 0.3 is 0 Å². The van der Waals surface area contributed by atoms with Gasteiger partial charge in [0.15, 0.2) is 0 Å². The van der Waals surface area contributed by atoms with E-state index in [0.717, 1.165) is 12.8 Å². The number of hydrogen-bond acceptors (Lipinski definition) is 1. The molecule has 86 valence electrons. The summed E-state index contributed by atoms with van der Waals surface area (Å²) in [5, 5.41) is 0. The fourth-order valence-electron chi connectivity index (χ4n) is 2.02. The average Bonchev–Trinajstić information content (AvgIpc) is 2.77. The first kappa shape index (κ1) is 11.6. The summed E-state index contributed by atoms with van der Waals surface area (Å²) >= 11 is 3.11. The van der Waals surface area contributed by atoms with Gasteiger partial charge in [0, 0.05) is 12.0 Å². The molecular formula is C12H14BrFN2. The number of rotatable bonds is 2. The largest absolute Gasteiger partial charge is 0.387 e. The maximum Gasteiger partial charge on any atom is 0.139 e. The van der Waals surface area contributed by atoms with Crippen molar-refractivity contribution in [2.75, 3.05) is 0 Å². The molecule has 0 saturated heterocycles. The molecule has 0 bridgehead atoms. The van der Waals surface area contributed by atoms with Crippen molar-refractivity contribution in [3.05, 3.63) is 28.5 Å². The minimum atomic E-state index is -0.305. The number of hydrogen-bond donors (Lipinski definition) is 1. The third kappa shape index (κ3) is 2.61. The van der Waals surface area contributed by atoms with E-state index in [-0.39, 0.29) is 5.82 Å². The zero-order valence-corrected chi connectivity index (χ0v) is 10.5. The highest BCUT2D eigenvalue weighted by Crippen LogP contribution is 2.27. The van der Waals surface area contributed by atoms with Crippen LogP contribution in [0.25, 0.3) is 0 Å². The van der Waals surface area contributed by atoms with E-state index in [0.29, 0.717) is 21.9 Å². The first-order valence-corrected chi connectivity index (χ1v) is 6.25.